The highest BCUT2D eigenvalue weighted by Gasteiger charge is 2.30. The summed E-state index contributed by atoms with van der Waals surface area (Å²) >= 11 is 12.0. The van der Waals surface area contributed by atoms with E-state index < -0.39 is 0 Å². The number of halogens is 2. The minimum absolute atomic E-state index is 0.704. The molecule has 1 aromatic carbocycles. The minimum Gasteiger partial charge on any atom is -0.314 e. The van der Waals surface area contributed by atoms with Crippen LogP contribution in [-0.4, -0.2) is 12.6 Å². The topological polar surface area (TPSA) is 12.0 Å². The Labute approximate surface area is 120 Å². The van der Waals surface area contributed by atoms with Crippen LogP contribution in [-0.2, 0) is 6.42 Å². The van der Waals surface area contributed by atoms with Crippen molar-refractivity contribution in [3.8, 4) is 0 Å². The van der Waals surface area contributed by atoms with Gasteiger partial charge >= 0.3 is 0 Å². The first kappa shape index (κ1) is 14.2. The second-order valence-corrected chi connectivity index (χ2v) is 6.46. The van der Waals surface area contributed by atoms with E-state index in [-0.39, 0.29) is 0 Å². The molecule has 0 bridgehead atoms. The van der Waals surface area contributed by atoms with Crippen LogP contribution in [0.3, 0.4) is 0 Å². The van der Waals surface area contributed by atoms with Gasteiger partial charge in [-0.15, -0.1) is 0 Å². The second-order valence-electron chi connectivity index (χ2n) is 5.61. The lowest BCUT2D eigenvalue weighted by molar-refractivity contribution is 0.169. The SMILES string of the molecule is CC(C)C1CC(NCCc2ccc(Cl)cc2Cl)C1. The average Bonchev–Trinajstić information content (AvgIpc) is 2.23. The van der Waals surface area contributed by atoms with E-state index in [0.717, 1.165) is 29.8 Å². The van der Waals surface area contributed by atoms with E-state index in [1.165, 1.54) is 18.4 Å². The van der Waals surface area contributed by atoms with Gasteiger partial charge < -0.3 is 5.32 Å². The summed E-state index contributed by atoms with van der Waals surface area (Å²) in [4.78, 5) is 0. The summed E-state index contributed by atoms with van der Waals surface area (Å²) < 4.78 is 0. The first-order chi connectivity index (χ1) is 8.56. The quantitative estimate of drug-likeness (QED) is 0.836. The van der Waals surface area contributed by atoms with Gasteiger partial charge in [-0.05, 0) is 55.3 Å². The predicted octanol–water partition coefficient (Wildman–Crippen LogP) is 4.56. The maximum absolute atomic E-state index is 6.15. The molecule has 0 saturated heterocycles. The Morgan fingerprint density at radius 1 is 1.28 bits per heavy atom. The Hall–Kier alpha value is -0.240. The van der Waals surface area contributed by atoms with Crippen molar-refractivity contribution in [3.05, 3.63) is 33.8 Å². The van der Waals surface area contributed by atoms with Crippen molar-refractivity contribution in [1.29, 1.82) is 0 Å². The van der Waals surface area contributed by atoms with Crippen molar-refractivity contribution < 1.29 is 0 Å². The van der Waals surface area contributed by atoms with E-state index in [0.29, 0.717) is 11.1 Å². The summed E-state index contributed by atoms with van der Waals surface area (Å²) in [6.07, 6.45) is 3.62. The smallest absolute Gasteiger partial charge is 0.0453 e. The fourth-order valence-corrected chi connectivity index (χ4v) is 3.01. The highest BCUT2D eigenvalue weighted by molar-refractivity contribution is 6.35. The van der Waals surface area contributed by atoms with Crippen molar-refractivity contribution in [1.82, 2.24) is 5.32 Å². The molecule has 0 atom stereocenters. The molecule has 0 aromatic heterocycles. The second kappa shape index (κ2) is 6.27. The molecule has 0 aliphatic heterocycles. The minimum atomic E-state index is 0.704. The lowest BCUT2D eigenvalue weighted by Crippen LogP contribution is -2.43. The number of hydrogen-bond donors (Lipinski definition) is 1. The Bertz CT molecular complexity index is 397. The van der Waals surface area contributed by atoms with E-state index in [1.54, 1.807) is 0 Å². The number of rotatable bonds is 5. The van der Waals surface area contributed by atoms with Gasteiger partial charge in [0.25, 0.3) is 0 Å². The predicted molar refractivity (Wildman–Crippen MR) is 79.5 cm³/mol. The Kier molecular flexibility index (Phi) is 4.94. The summed E-state index contributed by atoms with van der Waals surface area (Å²) in [5.41, 5.74) is 1.17. The van der Waals surface area contributed by atoms with E-state index >= 15 is 0 Å². The van der Waals surface area contributed by atoms with E-state index in [1.807, 2.05) is 18.2 Å². The van der Waals surface area contributed by atoms with E-state index in [2.05, 4.69) is 19.2 Å². The molecule has 2 rings (SSSR count). The van der Waals surface area contributed by atoms with Crippen molar-refractivity contribution in [3.63, 3.8) is 0 Å². The molecule has 1 saturated carbocycles. The van der Waals surface area contributed by atoms with Crippen LogP contribution in [0.1, 0.15) is 32.3 Å². The molecule has 0 amide bonds. The molecule has 1 aromatic rings. The third-order valence-electron chi connectivity index (χ3n) is 3.96. The molecule has 1 nitrogen and oxygen atoms in total. The van der Waals surface area contributed by atoms with Crippen molar-refractivity contribution in [2.24, 2.45) is 11.8 Å². The Balaban J connectivity index is 1.70. The summed E-state index contributed by atoms with van der Waals surface area (Å²) in [6, 6.07) is 6.45. The van der Waals surface area contributed by atoms with Gasteiger partial charge in [0, 0.05) is 16.1 Å². The lowest BCUT2D eigenvalue weighted by Gasteiger charge is -2.38. The molecule has 18 heavy (non-hydrogen) atoms. The van der Waals surface area contributed by atoms with Crippen LogP contribution in [0.15, 0.2) is 18.2 Å². The van der Waals surface area contributed by atoms with Crippen LogP contribution in [0.4, 0.5) is 0 Å². The summed E-state index contributed by atoms with van der Waals surface area (Å²) in [5.74, 6) is 1.75. The van der Waals surface area contributed by atoms with Crippen LogP contribution in [0, 0.1) is 11.8 Å². The number of nitrogens with one attached hydrogen (secondary N) is 1. The third kappa shape index (κ3) is 3.63. The first-order valence-electron chi connectivity index (χ1n) is 6.73. The van der Waals surface area contributed by atoms with Gasteiger partial charge in [0.1, 0.15) is 0 Å². The van der Waals surface area contributed by atoms with Crippen LogP contribution >= 0.6 is 23.2 Å². The molecule has 1 fully saturated rings. The molecular weight excluding hydrogens is 265 g/mol. The first-order valence-corrected chi connectivity index (χ1v) is 7.49. The summed E-state index contributed by atoms with van der Waals surface area (Å²) in [6.45, 7) is 5.62. The number of benzene rings is 1. The Morgan fingerprint density at radius 3 is 2.61 bits per heavy atom. The molecule has 100 valence electrons. The van der Waals surface area contributed by atoms with Gasteiger partial charge in [-0.2, -0.15) is 0 Å². The molecule has 0 radical (unpaired) electrons. The van der Waals surface area contributed by atoms with Crippen molar-refractivity contribution >= 4 is 23.2 Å². The van der Waals surface area contributed by atoms with Gasteiger partial charge in [0.05, 0.1) is 0 Å². The van der Waals surface area contributed by atoms with Gasteiger partial charge in [0.15, 0.2) is 0 Å². The van der Waals surface area contributed by atoms with Crippen LogP contribution in [0.5, 0.6) is 0 Å². The maximum Gasteiger partial charge on any atom is 0.0453 e. The van der Waals surface area contributed by atoms with Gasteiger partial charge in [-0.3, -0.25) is 0 Å². The fraction of sp³-hybridized carbons (Fsp3) is 0.600. The van der Waals surface area contributed by atoms with Crippen molar-refractivity contribution in [2.45, 2.75) is 39.2 Å². The molecule has 0 heterocycles. The van der Waals surface area contributed by atoms with Crippen LogP contribution in [0.2, 0.25) is 10.0 Å². The van der Waals surface area contributed by atoms with Crippen molar-refractivity contribution in [2.75, 3.05) is 6.54 Å². The zero-order valence-corrected chi connectivity index (χ0v) is 12.6. The van der Waals surface area contributed by atoms with Crippen LogP contribution in [0.25, 0.3) is 0 Å². The third-order valence-corrected chi connectivity index (χ3v) is 4.55. The zero-order chi connectivity index (χ0) is 13.1. The summed E-state index contributed by atoms with van der Waals surface area (Å²) in [7, 11) is 0. The molecule has 3 heteroatoms. The van der Waals surface area contributed by atoms with E-state index in [4.69, 9.17) is 23.2 Å². The Morgan fingerprint density at radius 2 is 2.00 bits per heavy atom. The standard InChI is InChI=1S/C15H21Cl2N/c1-10(2)12-7-14(8-12)18-6-5-11-3-4-13(16)9-15(11)17/h3-4,9-10,12,14,18H,5-8H2,1-2H3. The van der Waals surface area contributed by atoms with E-state index in [9.17, 15) is 0 Å². The molecular formula is C15H21Cl2N. The molecule has 1 aliphatic rings. The van der Waals surface area contributed by atoms with Gasteiger partial charge in [0.2, 0.25) is 0 Å². The van der Waals surface area contributed by atoms with Gasteiger partial charge in [-0.1, -0.05) is 43.1 Å². The highest BCUT2D eigenvalue weighted by atomic mass is 35.5. The normalized spacial score (nSPS) is 23.2. The monoisotopic (exact) mass is 285 g/mol. The van der Waals surface area contributed by atoms with Crippen LogP contribution < -0.4 is 5.32 Å². The average molecular weight is 286 g/mol. The highest BCUT2D eigenvalue weighted by Crippen LogP contribution is 2.33. The summed E-state index contributed by atoms with van der Waals surface area (Å²) in [5, 5.41) is 5.08. The largest absolute Gasteiger partial charge is 0.314 e. The number of hydrogen-bond acceptors (Lipinski definition) is 1. The molecule has 0 spiro atoms. The molecule has 0 unspecified atom stereocenters. The fourth-order valence-electron chi connectivity index (χ4n) is 2.51. The zero-order valence-electron chi connectivity index (χ0n) is 11.0. The van der Waals surface area contributed by atoms with Gasteiger partial charge in [-0.25, -0.2) is 0 Å². The maximum atomic E-state index is 6.15. The lowest BCUT2D eigenvalue weighted by atomic mass is 9.73. The molecule has 1 N–H and O–H groups in total. The molecule has 1 aliphatic carbocycles.